The van der Waals surface area contributed by atoms with Gasteiger partial charge in [-0.15, -0.1) is 0 Å². The van der Waals surface area contributed by atoms with E-state index in [-0.39, 0.29) is 18.5 Å². The molecule has 0 rings (SSSR count). The summed E-state index contributed by atoms with van der Waals surface area (Å²) in [5.41, 5.74) is 0. The van der Waals surface area contributed by atoms with Gasteiger partial charge in [0.15, 0.2) is 0 Å². The zero-order chi connectivity index (χ0) is 64.9. The Hall–Kier alpha value is -1.92. The fraction of sp³-hybridized carbons (Fsp3) is 0.905. The van der Waals surface area contributed by atoms with Crippen LogP contribution in [0.25, 0.3) is 0 Å². The van der Waals surface area contributed by atoms with Crippen LogP contribution >= 0.6 is 0 Å². The van der Waals surface area contributed by atoms with Gasteiger partial charge in [0.1, 0.15) is 0 Å². The molecule has 6 heteroatoms. The van der Waals surface area contributed by atoms with Gasteiger partial charge in [0.25, 0.3) is 0 Å². The molecule has 0 aromatic heterocycles. The van der Waals surface area contributed by atoms with Crippen LogP contribution in [0.3, 0.4) is 0 Å². The van der Waals surface area contributed by atoms with Gasteiger partial charge in [0, 0.05) is 12.8 Å². The Morgan fingerprint density at radius 2 is 0.556 bits per heavy atom. The maximum absolute atomic E-state index is 12.5. The third kappa shape index (κ3) is 75.1. The monoisotopic (exact) mass is 1260 g/mol. The smallest absolute Gasteiger partial charge is 0.305 e. The number of carbonyl (C=O) groups excluding carboxylic acids is 2. The molecule has 0 aromatic rings. The largest absolute Gasteiger partial charge is 0.466 e. The number of rotatable bonds is 78. The first-order valence-electron chi connectivity index (χ1n) is 41.3. The molecule has 532 valence electrons. The van der Waals surface area contributed by atoms with Crippen molar-refractivity contribution in [2.45, 2.75) is 475 Å². The van der Waals surface area contributed by atoms with Gasteiger partial charge >= 0.3 is 5.97 Å². The van der Waals surface area contributed by atoms with Crippen molar-refractivity contribution in [2.24, 2.45) is 0 Å². The molecule has 0 heterocycles. The lowest BCUT2D eigenvalue weighted by Crippen LogP contribution is -2.45. The third-order valence-electron chi connectivity index (χ3n) is 19.4. The summed E-state index contributed by atoms with van der Waals surface area (Å²) in [5, 5.41) is 23.2. The van der Waals surface area contributed by atoms with Crippen LogP contribution in [0.1, 0.15) is 463 Å². The Morgan fingerprint density at radius 1 is 0.311 bits per heavy atom. The minimum absolute atomic E-state index is 0.0208. The maximum atomic E-state index is 12.5. The molecule has 1 amide bonds. The number of aliphatic hydroxyl groups is 2. The highest BCUT2D eigenvalue weighted by Crippen LogP contribution is 2.20. The molecule has 0 aliphatic heterocycles. The van der Waals surface area contributed by atoms with E-state index in [1.165, 1.54) is 392 Å². The fourth-order valence-corrected chi connectivity index (χ4v) is 13.1. The van der Waals surface area contributed by atoms with E-state index in [0.717, 1.165) is 44.9 Å². The summed E-state index contributed by atoms with van der Waals surface area (Å²) in [6.07, 6.45) is 104. The molecule has 0 aliphatic carbocycles. The van der Waals surface area contributed by atoms with Gasteiger partial charge in [-0.25, -0.2) is 0 Å². The Labute approximate surface area is 564 Å². The minimum atomic E-state index is -0.840. The molecule has 0 aliphatic rings. The first-order valence-corrected chi connectivity index (χ1v) is 41.3. The fourth-order valence-electron chi connectivity index (χ4n) is 13.1. The Kier molecular flexibility index (Phi) is 77.8. The summed E-state index contributed by atoms with van der Waals surface area (Å²) >= 11 is 0. The molecule has 2 unspecified atom stereocenters. The summed E-state index contributed by atoms with van der Waals surface area (Å²) in [7, 11) is 0. The Balaban J connectivity index is 3.29. The van der Waals surface area contributed by atoms with E-state index in [9.17, 15) is 19.8 Å². The first-order chi connectivity index (χ1) is 44.5. The van der Waals surface area contributed by atoms with Crippen molar-refractivity contribution in [3.63, 3.8) is 0 Å². The van der Waals surface area contributed by atoms with E-state index >= 15 is 0 Å². The van der Waals surface area contributed by atoms with Gasteiger partial charge in [-0.05, 0) is 64.2 Å². The lowest BCUT2D eigenvalue weighted by Gasteiger charge is -2.20. The van der Waals surface area contributed by atoms with E-state index in [4.69, 9.17) is 4.74 Å². The topological polar surface area (TPSA) is 95.9 Å². The molecule has 0 spiro atoms. The molecule has 0 saturated heterocycles. The maximum Gasteiger partial charge on any atom is 0.305 e. The predicted octanol–water partition coefficient (Wildman–Crippen LogP) is 27.4. The molecule has 0 bridgehead atoms. The van der Waals surface area contributed by atoms with Crippen molar-refractivity contribution in [3.05, 3.63) is 36.5 Å². The highest BCUT2D eigenvalue weighted by Gasteiger charge is 2.18. The standard InChI is InChI=1S/C84H161NO5/c1-3-5-7-9-11-13-15-17-19-20-42-46-50-54-58-62-66-70-74-78-84(89)90-79-75-71-67-63-59-55-51-47-44-41-39-37-35-33-31-29-27-25-23-21-22-24-26-28-30-32-34-36-38-40-43-45-49-53-57-61-65-69-73-77-83(88)85-81(80-86)82(87)76-72-68-64-60-56-52-48-18-16-14-12-10-8-6-4-2/h11,13,17,19,72,76,81-82,86-87H,3-10,12,14-16,18,20-71,73-75,77-80H2,1-2H3,(H,85,88)/b13-11-,19-17-,76-72+. The predicted molar refractivity (Wildman–Crippen MR) is 398 cm³/mol. The summed E-state index contributed by atoms with van der Waals surface area (Å²) in [4.78, 5) is 24.6. The van der Waals surface area contributed by atoms with Crippen molar-refractivity contribution in [1.82, 2.24) is 5.32 Å². The van der Waals surface area contributed by atoms with Gasteiger partial charge in [-0.1, -0.05) is 423 Å². The second-order valence-corrected chi connectivity index (χ2v) is 28.5. The molecule has 90 heavy (non-hydrogen) atoms. The van der Waals surface area contributed by atoms with Crippen LogP contribution in [0.2, 0.25) is 0 Å². The molecule has 3 N–H and O–H groups in total. The molecule has 6 nitrogen and oxygen atoms in total. The van der Waals surface area contributed by atoms with E-state index in [0.29, 0.717) is 19.4 Å². The lowest BCUT2D eigenvalue weighted by atomic mass is 10.0. The number of nitrogens with one attached hydrogen (secondary N) is 1. The molecule has 0 fully saturated rings. The van der Waals surface area contributed by atoms with Gasteiger partial charge in [0.05, 0.1) is 25.4 Å². The van der Waals surface area contributed by atoms with Crippen LogP contribution in [0.4, 0.5) is 0 Å². The molecule has 2 atom stereocenters. The summed E-state index contributed by atoms with van der Waals surface area (Å²) in [5.74, 6) is -0.0380. The summed E-state index contributed by atoms with van der Waals surface area (Å²) < 4.78 is 5.52. The summed E-state index contributed by atoms with van der Waals surface area (Å²) in [6, 6.07) is -0.623. The van der Waals surface area contributed by atoms with Crippen LogP contribution in [-0.4, -0.2) is 47.4 Å². The minimum Gasteiger partial charge on any atom is -0.466 e. The Morgan fingerprint density at radius 3 is 0.867 bits per heavy atom. The van der Waals surface area contributed by atoms with E-state index < -0.39 is 12.1 Å². The molecule has 0 aromatic carbocycles. The zero-order valence-electron chi connectivity index (χ0n) is 61.1. The highest BCUT2D eigenvalue weighted by atomic mass is 16.5. The van der Waals surface area contributed by atoms with Crippen LogP contribution < -0.4 is 5.32 Å². The van der Waals surface area contributed by atoms with Crippen LogP contribution in [0, 0.1) is 0 Å². The third-order valence-corrected chi connectivity index (χ3v) is 19.4. The van der Waals surface area contributed by atoms with Crippen molar-refractivity contribution in [1.29, 1.82) is 0 Å². The van der Waals surface area contributed by atoms with E-state index in [1.807, 2.05) is 6.08 Å². The van der Waals surface area contributed by atoms with Crippen molar-refractivity contribution in [3.8, 4) is 0 Å². The van der Waals surface area contributed by atoms with Crippen LogP contribution in [-0.2, 0) is 14.3 Å². The molecular weight excluding hydrogens is 1100 g/mol. The summed E-state index contributed by atoms with van der Waals surface area (Å²) in [6.45, 7) is 4.92. The van der Waals surface area contributed by atoms with Crippen LogP contribution in [0.15, 0.2) is 36.5 Å². The number of hydrogen-bond donors (Lipinski definition) is 3. The van der Waals surface area contributed by atoms with E-state index in [1.54, 1.807) is 6.08 Å². The van der Waals surface area contributed by atoms with E-state index in [2.05, 4.69) is 43.5 Å². The van der Waals surface area contributed by atoms with Crippen LogP contribution in [0.5, 0.6) is 0 Å². The number of hydrogen-bond acceptors (Lipinski definition) is 5. The zero-order valence-corrected chi connectivity index (χ0v) is 61.1. The average molecular weight is 1270 g/mol. The molecule has 0 radical (unpaired) electrons. The number of ether oxygens (including phenoxy) is 1. The Bertz CT molecular complexity index is 1460. The normalized spacial score (nSPS) is 12.6. The quantitative estimate of drug-likeness (QED) is 0.0320. The number of amides is 1. The number of aliphatic hydroxyl groups excluding tert-OH is 2. The van der Waals surface area contributed by atoms with Gasteiger partial charge in [-0.2, -0.15) is 0 Å². The first kappa shape index (κ1) is 88.1. The van der Waals surface area contributed by atoms with Gasteiger partial charge in [-0.3, -0.25) is 9.59 Å². The molecular formula is C84H161NO5. The van der Waals surface area contributed by atoms with Gasteiger partial charge < -0.3 is 20.3 Å². The second kappa shape index (κ2) is 79.5. The number of unbranched alkanes of at least 4 members (excludes halogenated alkanes) is 63. The van der Waals surface area contributed by atoms with Crippen molar-refractivity contribution < 1.29 is 24.5 Å². The highest BCUT2D eigenvalue weighted by molar-refractivity contribution is 5.76. The number of allylic oxidation sites excluding steroid dienone is 5. The average Bonchev–Trinajstić information content (AvgIpc) is 3.68. The van der Waals surface area contributed by atoms with Crippen molar-refractivity contribution in [2.75, 3.05) is 13.2 Å². The van der Waals surface area contributed by atoms with Crippen molar-refractivity contribution >= 4 is 11.9 Å². The number of esters is 1. The number of carbonyl (C=O) groups is 2. The molecule has 0 saturated carbocycles. The SMILES string of the molecule is CCCCC/C=C\C/C=C\CCCCCCCCCCCC(=O)OCCCCCCCCCCCCCCCCCCCCCCCCCCCCCCCCCCCCCCCCCC(=O)NC(CO)C(O)/C=C/CCCCCCCCCCCCCCC. The lowest BCUT2D eigenvalue weighted by molar-refractivity contribution is -0.143. The second-order valence-electron chi connectivity index (χ2n) is 28.5. The van der Waals surface area contributed by atoms with Gasteiger partial charge in [0.2, 0.25) is 5.91 Å².